The predicted octanol–water partition coefficient (Wildman–Crippen LogP) is 2.97. The van der Waals surface area contributed by atoms with Gasteiger partial charge in [-0.3, -0.25) is 0 Å². The highest BCUT2D eigenvalue weighted by Crippen LogP contribution is 2.26. The molecule has 0 aliphatic carbocycles. The molecular formula is C12H12FNOS. The lowest BCUT2D eigenvalue weighted by atomic mass is 10.2. The van der Waals surface area contributed by atoms with Gasteiger partial charge in [-0.15, -0.1) is 11.8 Å². The van der Waals surface area contributed by atoms with E-state index in [9.17, 15) is 4.39 Å². The summed E-state index contributed by atoms with van der Waals surface area (Å²) in [6.07, 6.45) is 2.47. The third-order valence-electron chi connectivity index (χ3n) is 2.51. The molecule has 0 aromatic heterocycles. The van der Waals surface area contributed by atoms with Crippen LogP contribution in [-0.2, 0) is 4.74 Å². The van der Waals surface area contributed by atoms with Crippen LogP contribution in [0.1, 0.15) is 18.4 Å². The third-order valence-corrected chi connectivity index (χ3v) is 3.72. The van der Waals surface area contributed by atoms with Gasteiger partial charge in [-0.1, -0.05) is 0 Å². The SMILES string of the molecule is N#Cc1cc(F)ccc1SCC1CCCO1. The summed E-state index contributed by atoms with van der Waals surface area (Å²) in [5, 5.41) is 8.87. The molecule has 0 N–H and O–H groups in total. The molecule has 1 unspecified atom stereocenters. The minimum Gasteiger partial charge on any atom is -0.377 e. The van der Waals surface area contributed by atoms with Crippen molar-refractivity contribution in [2.24, 2.45) is 0 Å². The summed E-state index contributed by atoms with van der Waals surface area (Å²) >= 11 is 1.56. The van der Waals surface area contributed by atoms with Gasteiger partial charge in [0.1, 0.15) is 11.9 Å². The lowest BCUT2D eigenvalue weighted by molar-refractivity contribution is 0.129. The van der Waals surface area contributed by atoms with Gasteiger partial charge in [-0.05, 0) is 31.0 Å². The summed E-state index contributed by atoms with van der Waals surface area (Å²) in [6.45, 7) is 0.833. The summed E-state index contributed by atoms with van der Waals surface area (Å²) in [7, 11) is 0. The molecule has 84 valence electrons. The molecule has 0 amide bonds. The highest BCUT2D eigenvalue weighted by atomic mass is 32.2. The van der Waals surface area contributed by atoms with Crippen molar-refractivity contribution in [2.45, 2.75) is 23.8 Å². The molecule has 1 aliphatic rings. The molecule has 1 aromatic carbocycles. The maximum atomic E-state index is 12.9. The van der Waals surface area contributed by atoms with Crippen LogP contribution in [0.5, 0.6) is 0 Å². The summed E-state index contributed by atoms with van der Waals surface area (Å²) in [6, 6.07) is 6.33. The van der Waals surface area contributed by atoms with E-state index in [0.29, 0.717) is 5.56 Å². The van der Waals surface area contributed by atoms with E-state index in [1.807, 2.05) is 6.07 Å². The van der Waals surface area contributed by atoms with Gasteiger partial charge in [0.05, 0.1) is 11.7 Å². The van der Waals surface area contributed by atoms with Crippen LogP contribution >= 0.6 is 11.8 Å². The fraction of sp³-hybridized carbons (Fsp3) is 0.417. The van der Waals surface area contributed by atoms with Gasteiger partial charge in [-0.2, -0.15) is 5.26 Å². The van der Waals surface area contributed by atoms with Crippen molar-refractivity contribution in [1.29, 1.82) is 5.26 Å². The van der Waals surface area contributed by atoms with E-state index < -0.39 is 0 Å². The Hall–Kier alpha value is -1.05. The van der Waals surface area contributed by atoms with Gasteiger partial charge in [0.2, 0.25) is 0 Å². The first kappa shape index (κ1) is 11.4. The van der Waals surface area contributed by atoms with Crippen molar-refractivity contribution in [2.75, 3.05) is 12.4 Å². The van der Waals surface area contributed by atoms with Crippen molar-refractivity contribution in [3.05, 3.63) is 29.6 Å². The Morgan fingerprint density at radius 1 is 1.56 bits per heavy atom. The summed E-state index contributed by atoms with van der Waals surface area (Å²) in [4.78, 5) is 0.833. The fourth-order valence-corrected chi connectivity index (χ4v) is 2.73. The van der Waals surface area contributed by atoms with Crippen LogP contribution < -0.4 is 0 Å². The molecule has 1 atom stereocenters. The number of halogens is 1. The molecule has 2 nitrogen and oxygen atoms in total. The minimum atomic E-state index is -0.363. The maximum absolute atomic E-state index is 12.9. The Labute approximate surface area is 98.4 Å². The molecule has 1 saturated heterocycles. The molecule has 0 saturated carbocycles. The van der Waals surface area contributed by atoms with Crippen LogP contribution in [0.3, 0.4) is 0 Å². The molecule has 0 radical (unpaired) electrons. The molecule has 1 aliphatic heterocycles. The molecule has 1 heterocycles. The molecule has 2 rings (SSSR count). The Morgan fingerprint density at radius 2 is 2.44 bits per heavy atom. The third kappa shape index (κ3) is 2.75. The molecule has 16 heavy (non-hydrogen) atoms. The second-order valence-corrected chi connectivity index (χ2v) is 4.76. The van der Waals surface area contributed by atoms with E-state index in [1.165, 1.54) is 12.1 Å². The second kappa shape index (κ2) is 5.33. The molecule has 1 aromatic rings. The van der Waals surface area contributed by atoms with Gasteiger partial charge in [0.25, 0.3) is 0 Å². The lowest BCUT2D eigenvalue weighted by Crippen LogP contribution is -2.07. The highest BCUT2D eigenvalue weighted by molar-refractivity contribution is 7.99. The zero-order chi connectivity index (χ0) is 11.4. The number of nitrogens with zero attached hydrogens (tertiary/aromatic N) is 1. The van der Waals surface area contributed by atoms with E-state index in [4.69, 9.17) is 10.00 Å². The highest BCUT2D eigenvalue weighted by Gasteiger charge is 2.16. The molecular weight excluding hydrogens is 225 g/mol. The molecule has 0 spiro atoms. The van der Waals surface area contributed by atoms with Crippen molar-refractivity contribution in [3.63, 3.8) is 0 Å². The lowest BCUT2D eigenvalue weighted by Gasteiger charge is -2.09. The van der Waals surface area contributed by atoms with Gasteiger partial charge in [-0.25, -0.2) is 4.39 Å². The van der Waals surface area contributed by atoms with Crippen LogP contribution in [-0.4, -0.2) is 18.5 Å². The summed E-state index contributed by atoms with van der Waals surface area (Å²) in [5.41, 5.74) is 0.406. The average molecular weight is 237 g/mol. The summed E-state index contributed by atoms with van der Waals surface area (Å²) < 4.78 is 18.4. The smallest absolute Gasteiger partial charge is 0.124 e. The Bertz CT molecular complexity index is 410. The van der Waals surface area contributed by atoms with Crippen molar-refractivity contribution in [1.82, 2.24) is 0 Å². The first-order valence-electron chi connectivity index (χ1n) is 5.23. The molecule has 4 heteroatoms. The second-order valence-electron chi connectivity index (χ2n) is 3.70. The monoisotopic (exact) mass is 237 g/mol. The largest absolute Gasteiger partial charge is 0.377 e. The van der Waals surface area contributed by atoms with Gasteiger partial charge >= 0.3 is 0 Å². The zero-order valence-electron chi connectivity index (χ0n) is 8.78. The van der Waals surface area contributed by atoms with Crippen LogP contribution in [0.25, 0.3) is 0 Å². The van der Waals surface area contributed by atoms with Crippen LogP contribution in [0, 0.1) is 17.1 Å². The maximum Gasteiger partial charge on any atom is 0.124 e. The average Bonchev–Trinajstić information content (AvgIpc) is 2.80. The minimum absolute atomic E-state index is 0.279. The van der Waals surface area contributed by atoms with Gasteiger partial charge < -0.3 is 4.74 Å². The van der Waals surface area contributed by atoms with Crippen molar-refractivity contribution in [3.8, 4) is 6.07 Å². The van der Waals surface area contributed by atoms with E-state index in [-0.39, 0.29) is 11.9 Å². The summed E-state index contributed by atoms with van der Waals surface area (Å²) in [5.74, 6) is 0.471. The van der Waals surface area contributed by atoms with Gasteiger partial charge in [0.15, 0.2) is 0 Å². The van der Waals surface area contributed by atoms with E-state index in [0.717, 1.165) is 30.1 Å². The Morgan fingerprint density at radius 3 is 3.12 bits per heavy atom. The molecule has 1 fully saturated rings. The van der Waals surface area contributed by atoms with Crippen molar-refractivity contribution >= 4 is 11.8 Å². The standard InChI is InChI=1S/C12H12FNOS/c13-10-3-4-12(9(6-10)7-14)16-8-11-2-1-5-15-11/h3-4,6,11H,1-2,5,8H2. The topological polar surface area (TPSA) is 33.0 Å². The van der Waals surface area contributed by atoms with Crippen molar-refractivity contribution < 1.29 is 9.13 Å². The van der Waals surface area contributed by atoms with Crippen LogP contribution in [0.15, 0.2) is 23.1 Å². The quantitative estimate of drug-likeness (QED) is 0.758. The van der Waals surface area contributed by atoms with Crippen LogP contribution in [0.4, 0.5) is 4.39 Å². The normalized spacial score (nSPS) is 19.6. The first-order valence-corrected chi connectivity index (χ1v) is 6.22. The Balaban J connectivity index is 2.00. The zero-order valence-corrected chi connectivity index (χ0v) is 9.60. The molecule has 0 bridgehead atoms. The number of rotatable bonds is 3. The number of hydrogen-bond acceptors (Lipinski definition) is 3. The number of benzene rings is 1. The van der Waals surface area contributed by atoms with Gasteiger partial charge in [0, 0.05) is 17.3 Å². The number of hydrogen-bond donors (Lipinski definition) is 0. The van der Waals surface area contributed by atoms with Crippen LogP contribution in [0.2, 0.25) is 0 Å². The fourth-order valence-electron chi connectivity index (χ4n) is 1.67. The number of thioether (sulfide) groups is 1. The van der Waals surface area contributed by atoms with E-state index in [2.05, 4.69) is 0 Å². The predicted molar refractivity (Wildman–Crippen MR) is 60.8 cm³/mol. The van der Waals surface area contributed by atoms with E-state index in [1.54, 1.807) is 17.8 Å². The Kier molecular flexibility index (Phi) is 3.81. The first-order chi connectivity index (χ1) is 7.79. The number of ether oxygens (including phenoxy) is 1. The van der Waals surface area contributed by atoms with E-state index >= 15 is 0 Å². The number of nitriles is 1.